The lowest BCUT2D eigenvalue weighted by Crippen LogP contribution is -2.17. The van der Waals surface area contributed by atoms with Gasteiger partial charge in [0.05, 0.1) is 21.7 Å². The number of aromatic nitrogens is 2. The number of amides is 1. The Labute approximate surface area is 151 Å². The minimum Gasteiger partial charge on any atom is -0.320 e. The van der Waals surface area contributed by atoms with E-state index in [0.717, 1.165) is 27.9 Å². The van der Waals surface area contributed by atoms with E-state index in [1.165, 1.54) is 10.5 Å². The predicted octanol–water partition coefficient (Wildman–Crippen LogP) is 4.12. The van der Waals surface area contributed by atoms with Crippen molar-refractivity contribution in [2.45, 2.75) is 6.92 Å². The van der Waals surface area contributed by atoms with Crippen LogP contribution in [0.5, 0.6) is 0 Å². The second kappa shape index (κ2) is 5.98. The second-order valence-corrected chi connectivity index (χ2v) is 7.02. The summed E-state index contributed by atoms with van der Waals surface area (Å²) in [5, 5.41) is 3.20. The summed E-state index contributed by atoms with van der Waals surface area (Å²) in [6, 6.07) is 14.1. The van der Waals surface area contributed by atoms with Gasteiger partial charge in [-0.25, -0.2) is 4.98 Å². The van der Waals surface area contributed by atoms with Crippen LogP contribution in [0.3, 0.4) is 0 Å². The monoisotopic (exact) mass is 369 g/mol. The van der Waals surface area contributed by atoms with Crippen molar-refractivity contribution in [2.24, 2.45) is 0 Å². The Bertz CT molecular complexity index is 1200. The third-order valence-electron chi connectivity index (χ3n) is 3.80. The number of anilines is 1. The quantitative estimate of drug-likeness (QED) is 0.578. The Balaban J connectivity index is 1.77. The summed E-state index contributed by atoms with van der Waals surface area (Å²) in [4.78, 5) is 30.2. The number of rotatable bonds is 2. The first-order valence-corrected chi connectivity index (χ1v) is 8.71. The zero-order valence-corrected chi connectivity index (χ0v) is 14.7. The van der Waals surface area contributed by atoms with Crippen LogP contribution in [-0.4, -0.2) is 15.3 Å². The lowest BCUT2D eigenvalue weighted by molar-refractivity contribution is 0.103. The lowest BCUT2D eigenvalue weighted by atomic mass is 10.2. The first-order valence-electron chi connectivity index (χ1n) is 7.52. The standard InChI is InChI=1S/C18H12ClN3O2S/c1-10-6-7-12(11(19)8-10)20-17(24)15-9-16(23)22-14-5-3-2-4-13(14)21-18(22)25-15/h2-9H,1H3,(H,20,24). The highest BCUT2D eigenvalue weighted by Crippen LogP contribution is 2.24. The number of nitrogens with one attached hydrogen (secondary N) is 1. The molecule has 0 saturated heterocycles. The van der Waals surface area contributed by atoms with Crippen molar-refractivity contribution in [3.05, 3.63) is 74.3 Å². The molecule has 0 spiro atoms. The van der Waals surface area contributed by atoms with E-state index in [9.17, 15) is 9.59 Å². The molecule has 4 aromatic rings. The summed E-state index contributed by atoms with van der Waals surface area (Å²) in [5.41, 5.74) is 2.66. The molecule has 5 nitrogen and oxygen atoms in total. The van der Waals surface area contributed by atoms with Crippen molar-refractivity contribution in [2.75, 3.05) is 5.32 Å². The van der Waals surface area contributed by atoms with Gasteiger partial charge in [0, 0.05) is 6.07 Å². The number of aryl methyl sites for hydroxylation is 1. The zero-order valence-electron chi connectivity index (χ0n) is 13.1. The number of halogens is 1. The van der Waals surface area contributed by atoms with Crippen LogP contribution in [0.1, 0.15) is 15.2 Å². The third kappa shape index (κ3) is 2.79. The number of hydrogen-bond donors (Lipinski definition) is 1. The van der Waals surface area contributed by atoms with Crippen LogP contribution < -0.4 is 10.9 Å². The van der Waals surface area contributed by atoms with Crippen LogP contribution in [-0.2, 0) is 0 Å². The van der Waals surface area contributed by atoms with Gasteiger partial charge in [0.2, 0.25) is 0 Å². The van der Waals surface area contributed by atoms with E-state index in [0.29, 0.717) is 15.7 Å². The van der Waals surface area contributed by atoms with Crippen molar-refractivity contribution in [3.8, 4) is 0 Å². The van der Waals surface area contributed by atoms with Gasteiger partial charge in [-0.15, -0.1) is 0 Å². The molecule has 0 atom stereocenters. The topological polar surface area (TPSA) is 63.5 Å². The lowest BCUT2D eigenvalue weighted by Gasteiger charge is -2.07. The number of carbonyl (C=O) groups is 1. The van der Waals surface area contributed by atoms with E-state index in [-0.39, 0.29) is 16.3 Å². The smallest absolute Gasteiger partial charge is 0.266 e. The molecular formula is C18H12ClN3O2S. The summed E-state index contributed by atoms with van der Waals surface area (Å²) >= 11 is 7.31. The Hall–Kier alpha value is -2.70. The largest absolute Gasteiger partial charge is 0.320 e. The average molecular weight is 370 g/mol. The molecule has 2 heterocycles. The first kappa shape index (κ1) is 15.8. The van der Waals surface area contributed by atoms with Crippen LogP contribution in [0.25, 0.3) is 16.0 Å². The highest BCUT2D eigenvalue weighted by atomic mass is 35.5. The highest BCUT2D eigenvalue weighted by Gasteiger charge is 2.15. The van der Waals surface area contributed by atoms with Crippen LogP contribution in [0, 0.1) is 6.92 Å². The van der Waals surface area contributed by atoms with Gasteiger partial charge in [0.25, 0.3) is 11.5 Å². The van der Waals surface area contributed by atoms with Crippen molar-refractivity contribution < 1.29 is 4.79 Å². The Morgan fingerprint density at radius 1 is 1.20 bits per heavy atom. The van der Waals surface area contributed by atoms with Gasteiger partial charge in [0.1, 0.15) is 4.88 Å². The SMILES string of the molecule is Cc1ccc(NC(=O)c2cc(=O)n3c(nc4ccccc43)s2)c(Cl)c1. The van der Waals surface area contributed by atoms with Gasteiger partial charge in [0.15, 0.2) is 4.96 Å². The molecule has 0 unspecified atom stereocenters. The normalized spacial score (nSPS) is 11.1. The predicted molar refractivity (Wildman–Crippen MR) is 101 cm³/mol. The second-order valence-electron chi connectivity index (χ2n) is 5.60. The fraction of sp³-hybridized carbons (Fsp3) is 0.0556. The van der Waals surface area contributed by atoms with E-state index in [4.69, 9.17) is 11.6 Å². The van der Waals surface area contributed by atoms with E-state index in [1.807, 2.05) is 37.3 Å². The molecule has 1 N–H and O–H groups in total. The van der Waals surface area contributed by atoms with E-state index in [2.05, 4.69) is 10.3 Å². The van der Waals surface area contributed by atoms with Crippen molar-refractivity contribution in [1.29, 1.82) is 0 Å². The van der Waals surface area contributed by atoms with Crippen LogP contribution >= 0.6 is 22.9 Å². The van der Waals surface area contributed by atoms with Crippen LogP contribution in [0.4, 0.5) is 5.69 Å². The van der Waals surface area contributed by atoms with Gasteiger partial charge in [-0.05, 0) is 36.8 Å². The minimum atomic E-state index is -0.387. The number of para-hydroxylation sites is 2. The molecule has 2 aromatic carbocycles. The molecule has 7 heteroatoms. The fourth-order valence-electron chi connectivity index (χ4n) is 2.61. The number of nitrogens with zero attached hydrogens (tertiary/aromatic N) is 2. The summed E-state index contributed by atoms with van der Waals surface area (Å²) in [5.74, 6) is -0.387. The minimum absolute atomic E-state index is 0.282. The maximum Gasteiger partial charge on any atom is 0.266 e. The molecule has 4 rings (SSSR count). The van der Waals surface area contributed by atoms with Crippen molar-refractivity contribution >= 4 is 50.5 Å². The van der Waals surface area contributed by atoms with Crippen molar-refractivity contribution in [3.63, 3.8) is 0 Å². The van der Waals surface area contributed by atoms with E-state index < -0.39 is 0 Å². The van der Waals surface area contributed by atoms with Crippen molar-refractivity contribution in [1.82, 2.24) is 9.38 Å². The molecule has 1 amide bonds. The molecule has 0 aliphatic heterocycles. The number of hydrogen-bond acceptors (Lipinski definition) is 4. The maximum absolute atomic E-state index is 12.5. The molecule has 0 aliphatic rings. The number of benzene rings is 2. The van der Waals surface area contributed by atoms with Gasteiger partial charge < -0.3 is 5.32 Å². The van der Waals surface area contributed by atoms with Crippen LogP contribution in [0.2, 0.25) is 5.02 Å². The molecule has 0 aliphatic carbocycles. The average Bonchev–Trinajstić information content (AvgIpc) is 2.96. The molecule has 0 bridgehead atoms. The van der Waals surface area contributed by atoms with E-state index >= 15 is 0 Å². The molecule has 0 fully saturated rings. The Morgan fingerprint density at radius 2 is 2.00 bits per heavy atom. The molecule has 25 heavy (non-hydrogen) atoms. The van der Waals surface area contributed by atoms with Gasteiger partial charge in [-0.3, -0.25) is 14.0 Å². The molecular weight excluding hydrogens is 358 g/mol. The van der Waals surface area contributed by atoms with Gasteiger partial charge in [-0.2, -0.15) is 0 Å². The van der Waals surface area contributed by atoms with E-state index in [1.54, 1.807) is 12.1 Å². The Morgan fingerprint density at radius 3 is 2.80 bits per heavy atom. The maximum atomic E-state index is 12.5. The third-order valence-corrected chi connectivity index (χ3v) is 5.10. The first-order chi connectivity index (χ1) is 12.0. The molecule has 2 aromatic heterocycles. The van der Waals surface area contributed by atoms with Gasteiger partial charge in [-0.1, -0.05) is 41.1 Å². The summed E-state index contributed by atoms with van der Waals surface area (Å²) in [7, 11) is 0. The molecule has 0 saturated carbocycles. The number of carbonyl (C=O) groups excluding carboxylic acids is 1. The number of fused-ring (bicyclic) bond motifs is 3. The van der Waals surface area contributed by atoms with Gasteiger partial charge >= 0.3 is 0 Å². The molecule has 124 valence electrons. The zero-order chi connectivity index (χ0) is 17.6. The molecule has 0 radical (unpaired) electrons. The Kier molecular flexibility index (Phi) is 3.78. The number of imidazole rings is 1. The summed E-state index contributed by atoms with van der Waals surface area (Å²) in [6.07, 6.45) is 0. The highest BCUT2D eigenvalue weighted by molar-refractivity contribution is 7.18. The fourth-order valence-corrected chi connectivity index (χ4v) is 3.81. The summed E-state index contributed by atoms with van der Waals surface area (Å²) < 4.78 is 1.51. The summed E-state index contributed by atoms with van der Waals surface area (Å²) in [6.45, 7) is 1.92. The van der Waals surface area contributed by atoms with Crippen LogP contribution in [0.15, 0.2) is 53.3 Å².